The van der Waals surface area contributed by atoms with Gasteiger partial charge in [0.05, 0.1) is 6.04 Å². The van der Waals surface area contributed by atoms with Gasteiger partial charge in [-0.05, 0) is 33.4 Å². The molecule has 0 spiro atoms. The number of carbonyl (C=O) groups excluding carboxylic acids is 2. The van der Waals surface area contributed by atoms with Crippen LogP contribution in [-0.2, 0) is 9.59 Å². The standard InChI is InChI=1S/C11H23N3O2/c1-9(15)13-8-6-5-7-10(14(3)4)11(16)12-2/h10H,5-8H2,1-4H3,(H,12,16)(H,13,15)/i1+1,2+1,12+1,14+1. The molecule has 1 unspecified atom stereocenters. The largest absolute Gasteiger partial charge is 0.358 e. The van der Waals surface area contributed by atoms with Gasteiger partial charge in [0.2, 0.25) is 11.8 Å². The molecule has 0 aromatic rings. The Kier molecular flexibility index (Phi) is 7.54. The predicted octanol–water partition coefficient (Wildman–Crippen LogP) is -0.0310. The smallest absolute Gasteiger partial charge is 0.237 e. The Labute approximate surface area is 97.6 Å². The van der Waals surface area contributed by atoms with Gasteiger partial charge in [0.1, 0.15) is 0 Å². The van der Waals surface area contributed by atoms with Crippen LogP contribution >= 0.6 is 0 Å². The molecule has 0 aromatic heterocycles. The summed E-state index contributed by atoms with van der Waals surface area (Å²) in [5, 5.41) is 5.39. The van der Waals surface area contributed by atoms with E-state index < -0.39 is 0 Å². The van der Waals surface area contributed by atoms with E-state index in [2.05, 4.69) is 10.6 Å². The predicted molar refractivity (Wildman–Crippen MR) is 64.1 cm³/mol. The Morgan fingerprint density at radius 1 is 1.25 bits per heavy atom. The molecule has 2 amide bonds. The van der Waals surface area contributed by atoms with Gasteiger partial charge in [-0.25, -0.2) is 0 Å². The van der Waals surface area contributed by atoms with Crippen molar-refractivity contribution in [1.29, 1.82) is 0 Å². The number of hydrogen-bond acceptors (Lipinski definition) is 3. The lowest BCUT2D eigenvalue weighted by atomic mass is 10.1. The molecule has 0 saturated carbocycles. The Bertz CT molecular complexity index is 229. The molecule has 1 atom stereocenters. The van der Waals surface area contributed by atoms with E-state index in [1.54, 1.807) is 7.05 Å². The molecule has 0 aliphatic rings. The van der Waals surface area contributed by atoms with Crippen LogP contribution in [0.3, 0.4) is 0 Å². The van der Waals surface area contributed by atoms with Gasteiger partial charge < -0.3 is 10.6 Å². The summed E-state index contributed by atoms with van der Waals surface area (Å²) in [6.07, 6.45) is 2.64. The van der Waals surface area contributed by atoms with Crippen LogP contribution in [-0.4, -0.2) is 50.4 Å². The summed E-state index contributed by atoms with van der Waals surface area (Å²) in [7, 11) is 5.44. The van der Waals surface area contributed by atoms with E-state index in [1.807, 2.05) is 19.0 Å². The summed E-state index contributed by atoms with van der Waals surface area (Å²) >= 11 is 0. The maximum Gasteiger partial charge on any atom is 0.237 e. The summed E-state index contributed by atoms with van der Waals surface area (Å²) in [4.78, 5) is 24.0. The number of likely N-dealkylation sites (N-methyl/N-ethyl adjacent to an activating group) is 2. The number of unbranched alkanes of at least 4 members (excludes halogenated alkanes) is 1. The summed E-state index contributed by atoms with van der Waals surface area (Å²) in [6.45, 7) is 2.19. The van der Waals surface area contributed by atoms with E-state index in [-0.39, 0.29) is 17.9 Å². The summed E-state index contributed by atoms with van der Waals surface area (Å²) in [6, 6.07) is -0.0812. The monoisotopic (exact) mass is 233 g/mol. The van der Waals surface area contributed by atoms with E-state index in [9.17, 15) is 9.59 Å². The maximum absolute atomic E-state index is 11.5. The SMILES string of the molecule is C[15N](C)C(CCCCNC([13CH3])=O)C(=O)[15NH][13CH3]. The molecule has 16 heavy (non-hydrogen) atoms. The lowest BCUT2D eigenvalue weighted by molar-refractivity contribution is -0.125. The molecule has 0 heterocycles. The molecule has 2 N–H and O–H groups in total. The molecule has 0 aliphatic carbocycles. The summed E-state index contributed by atoms with van der Waals surface area (Å²) in [5.74, 6) is 0.0417. The zero-order chi connectivity index (χ0) is 12.6. The van der Waals surface area contributed by atoms with E-state index in [4.69, 9.17) is 0 Å². The molecule has 5 heteroatoms. The first-order chi connectivity index (χ1) is 7.49. The van der Waals surface area contributed by atoms with Crippen molar-refractivity contribution >= 4 is 11.8 Å². The molecule has 0 rings (SSSR count). The zero-order valence-electron chi connectivity index (χ0n) is 10.7. The molecular weight excluding hydrogens is 210 g/mol. The minimum atomic E-state index is -0.0812. The molecule has 94 valence electrons. The molecule has 5 nitrogen and oxygen atoms in total. The quantitative estimate of drug-likeness (QED) is 0.369. The maximum atomic E-state index is 11.5. The summed E-state index contributed by atoms with van der Waals surface area (Å²) < 4.78 is 0. The second-order valence-electron chi connectivity index (χ2n) is 4.07. The number of amides is 2. The average molecular weight is 233 g/mol. The highest BCUT2D eigenvalue weighted by Gasteiger charge is 2.18. The van der Waals surface area contributed by atoms with Gasteiger partial charge in [0, 0.05) is 20.5 Å². The average Bonchev–Trinajstić information content (AvgIpc) is 2.21. The van der Waals surface area contributed by atoms with Crippen molar-refractivity contribution in [3.8, 4) is 0 Å². The van der Waals surface area contributed by atoms with Crippen molar-refractivity contribution in [3.63, 3.8) is 0 Å². The second-order valence-corrected chi connectivity index (χ2v) is 4.07. The van der Waals surface area contributed by atoms with Gasteiger partial charge in [-0.3, -0.25) is 14.5 Å². The Balaban J connectivity index is 3.77. The summed E-state index contributed by atoms with van der Waals surface area (Å²) in [5.41, 5.74) is 0. The second kappa shape index (κ2) is 8.10. The van der Waals surface area contributed by atoms with Crippen LogP contribution in [0.25, 0.3) is 0 Å². The number of nitrogens with one attached hydrogen (secondary N) is 2. The Morgan fingerprint density at radius 3 is 2.31 bits per heavy atom. The van der Waals surface area contributed by atoms with Gasteiger partial charge in [0.15, 0.2) is 0 Å². The number of hydrogen-bond donors (Lipinski definition) is 2. The van der Waals surface area contributed by atoms with Crippen molar-refractivity contribution in [2.75, 3.05) is 27.7 Å². The van der Waals surface area contributed by atoms with Gasteiger partial charge in [0.25, 0.3) is 0 Å². The third kappa shape index (κ3) is 6.40. The van der Waals surface area contributed by atoms with Crippen LogP contribution in [0.1, 0.15) is 26.2 Å². The zero-order valence-corrected chi connectivity index (χ0v) is 10.7. The van der Waals surface area contributed by atoms with E-state index in [1.165, 1.54) is 6.92 Å². The van der Waals surface area contributed by atoms with Crippen LogP contribution in [0.4, 0.5) is 0 Å². The highest BCUT2D eigenvalue weighted by atomic mass is 16.2. The third-order valence-electron chi connectivity index (χ3n) is 2.45. The van der Waals surface area contributed by atoms with Crippen molar-refractivity contribution in [2.24, 2.45) is 0 Å². The van der Waals surface area contributed by atoms with Gasteiger partial charge in [-0.2, -0.15) is 0 Å². The lowest BCUT2D eigenvalue weighted by Gasteiger charge is -2.22. The molecule has 0 fully saturated rings. The first kappa shape index (κ1) is 14.9. The highest BCUT2D eigenvalue weighted by Crippen LogP contribution is 2.05. The van der Waals surface area contributed by atoms with Crippen molar-refractivity contribution in [3.05, 3.63) is 0 Å². The van der Waals surface area contributed by atoms with Crippen LogP contribution in [0.2, 0.25) is 0 Å². The molecule has 0 aliphatic heterocycles. The number of carbonyl (C=O) groups is 2. The van der Waals surface area contributed by atoms with Crippen LogP contribution in [0, 0.1) is 0 Å². The fourth-order valence-electron chi connectivity index (χ4n) is 1.52. The Morgan fingerprint density at radius 2 is 1.88 bits per heavy atom. The minimum Gasteiger partial charge on any atom is -0.358 e. The fraction of sp³-hybridized carbons (Fsp3) is 0.818. The third-order valence-corrected chi connectivity index (χ3v) is 2.45. The molecule has 0 aromatic carbocycles. The van der Waals surface area contributed by atoms with Crippen LogP contribution in [0.15, 0.2) is 0 Å². The van der Waals surface area contributed by atoms with Crippen molar-refractivity contribution in [1.82, 2.24) is 15.5 Å². The van der Waals surface area contributed by atoms with E-state index in [0.29, 0.717) is 6.54 Å². The molecular formula is C11H23N3O2. The van der Waals surface area contributed by atoms with Crippen molar-refractivity contribution in [2.45, 2.75) is 32.2 Å². The number of rotatable bonds is 7. The normalized spacial score (nSPS) is 12.3. The van der Waals surface area contributed by atoms with Crippen LogP contribution < -0.4 is 10.6 Å². The topological polar surface area (TPSA) is 61.4 Å². The van der Waals surface area contributed by atoms with Crippen molar-refractivity contribution < 1.29 is 9.59 Å². The van der Waals surface area contributed by atoms with Crippen LogP contribution in [0.5, 0.6) is 0 Å². The number of nitrogens with zero attached hydrogens (tertiary/aromatic N) is 1. The van der Waals surface area contributed by atoms with E-state index in [0.717, 1.165) is 19.3 Å². The first-order valence-electron chi connectivity index (χ1n) is 5.61. The van der Waals surface area contributed by atoms with Gasteiger partial charge in [-0.1, -0.05) is 0 Å². The molecule has 0 saturated heterocycles. The lowest BCUT2D eigenvalue weighted by Crippen LogP contribution is -2.42. The minimum absolute atomic E-state index is 0.00420. The molecule has 0 bridgehead atoms. The Hall–Kier alpha value is -1.10. The van der Waals surface area contributed by atoms with E-state index >= 15 is 0 Å². The van der Waals surface area contributed by atoms with Gasteiger partial charge >= 0.3 is 0 Å². The highest BCUT2D eigenvalue weighted by molar-refractivity contribution is 5.81. The van der Waals surface area contributed by atoms with Gasteiger partial charge in [-0.15, -0.1) is 0 Å². The first-order valence-corrected chi connectivity index (χ1v) is 5.61. The molecule has 0 radical (unpaired) electrons. The fourth-order valence-corrected chi connectivity index (χ4v) is 1.52.